The first-order valence-corrected chi connectivity index (χ1v) is 5.94. The van der Waals surface area contributed by atoms with E-state index >= 15 is 0 Å². The van der Waals surface area contributed by atoms with Gasteiger partial charge < -0.3 is 10.5 Å². The van der Waals surface area contributed by atoms with E-state index in [0.717, 1.165) is 0 Å². The molecule has 2 aromatic heterocycles. The Balaban J connectivity index is 2.23. The SMILES string of the molecule is CC(C)Oc1nc(N)nc(Sc2nnnn2C)n1. The Labute approximate surface area is 107 Å². The zero-order chi connectivity index (χ0) is 13.1. The fourth-order valence-electron chi connectivity index (χ4n) is 1.05. The summed E-state index contributed by atoms with van der Waals surface area (Å²) in [4.78, 5) is 12.0. The number of rotatable bonds is 4. The molecule has 0 aromatic carbocycles. The summed E-state index contributed by atoms with van der Waals surface area (Å²) in [5.74, 6) is 0.0956. The zero-order valence-electron chi connectivity index (χ0n) is 10.1. The van der Waals surface area contributed by atoms with Crippen molar-refractivity contribution in [2.45, 2.75) is 30.3 Å². The van der Waals surface area contributed by atoms with E-state index in [-0.39, 0.29) is 18.1 Å². The van der Waals surface area contributed by atoms with Crippen LogP contribution in [-0.2, 0) is 7.05 Å². The van der Waals surface area contributed by atoms with E-state index < -0.39 is 0 Å². The van der Waals surface area contributed by atoms with Gasteiger partial charge >= 0.3 is 6.01 Å². The molecule has 0 radical (unpaired) electrons. The van der Waals surface area contributed by atoms with Gasteiger partial charge in [-0.05, 0) is 36.0 Å². The summed E-state index contributed by atoms with van der Waals surface area (Å²) in [6.07, 6.45) is -0.0406. The van der Waals surface area contributed by atoms with Crippen molar-refractivity contribution < 1.29 is 4.74 Å². The molecule has 96 valence electrons. The molecular weight excluding hydrogens is 256 g/mol. The molecule has 0 saturated heterocycles. The number of nitrogens with two attached hydrogens (primary N) is 1. The van der Waals surface area contributed by atoms with Gasteiger partial charge in [-0.15, -0.1) is 5.10 Å². The zero-order valence-corrected chi connectivity index (χ0v) is 10.9. The second-order valence-corrected chi connectivity index (χ2v) is 4.55. The maximum Gasteiger partial charge on any atom is 0.322 e. The van der Waals surface area contributed by atoms with Crippen LogP contribution in [0.2, 0.25) is 0 Å². The summed E-state index contributed by atoms with van der Waals surface area (Å²) in [7, 11) is 1.72. The normalized spacial score (nSPS) is 10.9. The molecular formula is C8H12N8OS. The molecule has 2 N–H and O–H groups in total. The molecule has 0 aliphatic carbocycles. The molecule has 0 atom stereocenters. The van der Waals surface area contributed by atoms with Crippen LogP contribution in [0, 0.1) is 0 Å². The van der Waals surface area contributed by atoms with Crippen molar-refractivity contribution in [3.05, 3.63) is 0 Å². The third-order valence-corrected chi connectivity index (χ3v) is 2.61. The molecule has 2 rings (SSSR count). The predicted octanol–water partition coefficient (Wildman–Crippen LogP) is -0.0843. The average Bonchev–Trinajstić information content (AvgIpc) is 2.62. The largest absolute Gasteiger partial charge is 0.461 e. The number of aryl methyl sites for hydroxylation is 1. The van der Waals surface area contributed by atoms with Crippen molar-refractivity contribution >= 4 is 17.7 Å². The van der Waals surface area contributed by atoms with Crippen LogP contribution in [0.5, 0.6) is 6.01 Å². The molecule has 18 heavy (non-hydrogen) atoms. The quantitative estimate of drug-likeness (QED) is 0.811. The fraction of sp³-hybridized carbons (Fsp3) is 0.500. The number of aromatic nitrogens is 7. The van der Waals surface area contributed by atoms with Gasteiger partial charge in [-0.1, -0.05) is 0 Å². The molecule has 0 amide bonds. The van der Waals surface area contributed by atoms with Crippen molar-refractivity contribution in [1.82, 2.24) is 35.2 Å². The molecule has 0 aliphatic rings. The molecule has 0 unspecified atom stereocenters. The number of ether oxygens (including phenoxy) is 1. The lowest BCUT2D eigenvalue weighted by Gasteiger charge is -2.08. The number of nitrogens with zero attached hydrogens (tertiary/aromatic N) is 7. The Bertz CT molecular complexity index is 542. The van der Waals surface area contributed by atoms with Crippen molar-refractivity contribution in [3.63, 3.8) is 0 Å². The lowest BCUT2D eigenvalue weighted by molar-refractivity contribution is 0.219. The number of hydrogen-bond donors (Lipinski definition) is 1. The molecule has 10 heteroatoms. The van der Waals surface area contributed by atoms with E-state index in [1.807, 2.05) is 13.8 Å². The second-order valence-electron chi connectivity index (χ2n) is 3.61. The first-order valence-electron chi connectivity index (χ1n) is 5.13. The number of hydrogen-bond acceptors (Lipinski definition) is 9. The Kier molecular flexibility index (Phi) is 3.55. The van der Waals surface area contributed by atoms with Crippen LogP contribution in [0.15, 0.2) is 10.3 Å². The van der Waals surface area contributed by atoms with Gasteiger partial charge in [-0.2, -0.15) is 15.0 Å². The molecule has 0 fully saturated rings. The van der Waals surface area contributed by atoms with Crippen LogP contribution in [-0.4, -0.2) is 41.3 Å². The average molecular weight is 268 g/mol. The van der Waals surface area contributed by atoms with Gasteiger partial charge in [0.05, 0.1) is 6.10 Å². The van der Waals surface area contributed by atoms with E-state index in [4.69, 9.17) is 10.5 Å². The first-order chi connectivity index (χ1) is 8.54. The van der Waals surface area contributed by atoms with Crippen LogP contribution in [0.3, 0.4) is 0 Å². The lowest BCUT2D eigenvalue weighted by atomic mass is 10.5. The van der Waals surface area contributed by atoms with Crippen LogP contribution < -0.4 is 10.5 Å². The maximum absolute atomic E-state index is 5.59. The van der Waals surface area contributed by atoms with Gasteiger partial charge in [0.25, 0.3) is 0 Å². The standard InChI is InChI=1S/C8H12N8OS/c1-4(2)17-6-10-5(9)11-7(12-6)18-8-13-14-15-16(8)3/h4H,1-3H3,(H2,9,10,11,12). The number of anilines is 1. The summed E-state index contributed by atoms with van der Waals surface area (Å²) in [5, 5.41) is 12.0. The highest BCUT2D eigenvalue weighted by molar-refractivity contribution is 7.99. The van der Waals surface area contributed by atoms with E-state index in [9.17, 15) is 0 Å². The van der Waals surface area contributed by atoms with E-state index in [1.165, 1.54) is 16.4 Å². The van der Waals surface area contributed by atoms with Crippen molar-refractivity contribution in [3.8, 4) is 6.01 Å². The number of tetrazole rings is 1. The highest BCUT2D eigenvalue weighted by atomic mass is 32.2. The summed E-state index contributed by atoms with van der Waals surface area (Å²) >= 11 is 1.18. The summed E-state index contributed by atoms with van der Waals surface area (Å²) in [6, 6.07) is 0.190. The van der Waals surface area contributed by atoms with E-state index in [0.29, 0.717) is 10.3 Å². The van der Waals surface area contributed by atoms with Gasteiger partial charge in [0.15, 0.2) is 0 Å². The number of nitrogen functional groups attached to an aromatic ring is 1. The Hall–Kier alpha value is -1.97. The second kappa shape index (κ2) is 5.12. The van der Waals surface area contributed by atoms with Crippen LogP contribution in [0.25, 0.3) is 0 Å². The molecule has 0 bridgehead atoms. The summed E-state index contributed by atoms with van der Waals surface area (Å²) in [6.45, 7) is 3.75. The Morgan fingerprint density at radius 3 is 2.67 bits per heavy atom. The highest BCUT2D eigenvalue weighted by Crippen LogP contribution is 2.22. The van der Waals surface area contributed by atoms with Crippen molar-refractivity contribution in [2.75, 3.05) is 5.73 Å². The van der Waals surface area contributed by atoms with Crippen molar-refractivity contribution in [1.29, 1.82) is 0 Å². The molecule has 9 nitrogen and oxygen atoms in total. The van der Waals surface area contributed by atoms with Crippen molar-refractivity contribution in [2.24, 2.45) is 7.05 Å². The topological polar surface area (TPSA) is 118 Å². The molecule has 0 saturated carbocycles. The highest BCUT2D eigenvalue weighted by Gasteiger charge is 2.11. The van der Waals surface area contributed by atoms with E-state index in [1.54, 1.807) is 7.05 Å². The van der Waals surface area contributed by atoms with Gasteiger partial charge in [0.2, 0.25) is 16.3 Å². The maximum atomic E-state index is 5.59. The van der Waals surface area contributed by atoms with Gasteiger partial charge in [-0.25, -0.2) is 4.68 Å². The minimum atomic E-state index is -0.0406. The minimum Gasteiger partial charge on any atom is -0.461 e. The third kappa shape index (κ3) is 3.03. The molecule has 2 aromatic rings. The summed E-state index contributed by atoms with van der Waals surface area (Å²) < 4.78 is 6.88. The Morgan fingerprint density at radius 1 is 1.28 bits per heavy atom. The molecule has 2 heterocycles. The smallest absolute Gasteiger partial charge is 0.322 e. The fourth-order valence-corrected chi connectivity index (χ4v) is 1.72. The third-order valence-electron chi connectivity index (χ3n) is 1.72. The molecule has 0 aliphatic heterocycles. The minimum absolute atomic E-state index is 0.0406. The lowest BCUT2D eigenvalue weighted by Crippen LogP contribution is -2.11. The monoisotopic (exact) mass is 268 g/mol. The van der Waals surface area contributed by atoms with Crippen LogP contribution >= 0.6 is 11.8 Å². The van der Waals surface area contributed by atoms with Gasteiger partial charge in [0.1, 0.15) is 0 Å². The molecule has 0 spiro atoms. The van der Waals surface area contributed by atoms with Gasteiger partial charge in [0, 0.05) is 7.05 Å². The summed E-state index contributed by atoms with van der Waals surface area (Å²) in [5.41, 5.74) is 5.59. The van der Waals surface area contributed by atoms with E-state index in [2.05, 4.69) is 30.5 Å². The first kappa shape index (κ1) is 12.5. The predicted molar refractivity (Wildman–Crippen MR) is 62.9 cm³/mol. The van der Waals surface area contributed by atoms with Crippen LogP contribution in [0.4, 0.5) is 5.95 Å². The van der Waals surface area contributed by atoms with Gasteiger partial charge in [-0.3, -0.25) is 0 Å². The Morgan fingerprint density at radius 2 is 2.06 bits per heavy atom. The van der Waals surface area contributed by atoms with Crippen LogP contribution in [0.1, 0.15) is 13.8 Å².